The van der Waals surface area contributed by atoms with Crippen molar-refractivity contribution in [1.82, 2.24) is 10.2 Å². The molecule has 2 N–H and O–H groups in total. The van der Waals surface area contributed by atoms with Crippen LogP contribution in [0.25, 0.3) is 0 Å². The summed E-state index contributed by atoms with van der Waals surface area (Å²) in [5.41, 5.74) is 2.32. The average Bonchev–Trinajstić information content (AvgIpc) is 2.68. The quantitative estimate of drug-likeness (QED) is 0.887. The largest absolute Gasteiger partial charge is 0.396 e. The molecule has 3 rings (SSSR count). The Balaban J connectivity index is 1.71. The number of aliphatic hydroxyl groups is 1. The Morgan fingerprint density at radius 2 is 1.77 bits per heavy atom. The number of nitrogens with zero attached hydrogens (tertiary/aromatic N) is 1. The first-order valence-electron chi connectivity index (χ1n) is 8.91. The zero-order chi connectivity index (χ0) is 18.5. The fraction of sp³-hybridized carbons (Fsp3) is 0.333. The molecule has 2 aromatic rings. The van der Waals surface area contributed by atoms with Gasteiger partial charge in [0.15, 0.2) is 0 Å². The van der Waals surface area contributed by atoms with Gasteiger partial charge < -0.3 is 15.3 Å². The smallest absolute Gasteiger partial charge is 0.253 e. The fourth-order valence-corrected chi connectivity index (χ4v) is 3.29. The SMILES string of the molecule is Cc1ccc(C(=O)N2CC[C@H](CO)[C@H](NC(=O)c3ccccc3)C2)cc1. The van der Waals surface area contributed by atoms with Crippen molar-refractivity contribution < 1.29 is 14.7 Å². The number of hydrogen-bond donors (Lipinski definition) is 2. The highest BCUT2D eigenvalue weighted by atomic mass is 16.3. The molecule has 2 aromatic carbocycles. The van der Waals surface area contributed by atoms with Crippen molar-refractivity contribution in [3.05, 3.63) is 71.3 Å². The van der Waals surface area contributed by atoms with Crippen molar-refractivity contribution in [2.45, 2.75) is 19.4 Å². The molecule has 1 heterocycles. The van der Waals surface area contributed by atoms with Gasteiger partial charge in [-0.3, -0.25) is 9.59 Å². The van der Waals surface area contributed by atoms with E-state index in [0.717, 1.165) is 5.56 Å². The lowest BCUT2D eigenvalue weighted by atomic mass is 9.91. The van der Waals surface area contributed by atoms with E-state index in [1.54, 1.807) is 17.0 Å². The van der Waals surface area contributed by atoms with E-state index in [9.17, 15) is 14.7 Å². The van der Waals surface area contributed by atoms with Gasteiger partial charge in [-0.2, -0.15) is 0 Å². The topological polar surface area (TPSA) is 69.6 Å². The summed E-state index contributed by atoms with van der Waals surface area (Å²) in [5, 5.41) is 12.7. The Kier molecular flexibility index (Phi) is 5.68. The first-order chi connectivity index (χ1) is 12.6. The monoisotopic (exact) mass is 352 g/mol. The number of likely N-dealkylation sites (tertiary alicyclic amines) is 1. The second-order valence-corrected chi connectivity index (χ2v) is 6.79. The van der Waals surface area contributed by atoms with Crippen molar-refractivity contribution in [1.29, 1.82) is 0 Å². The van der Waals surface area contributed by atoms with E-state index in [2.05, 4.69) is 5.32 Å². The molecule has 136 valence electrons. The van der Waals surface area contributed by atoms with E-state index in [-0.39, 0.29) is 30.4 Å². The molecular formula is C21H24N2O3. The van der Waals surface area contributed by atoms with Crippen LogP contribution in [0.1, 0.15) is 32.7 Å². The maximum Gasteiger partial charge on any atom is 0.253 e. The lowest BCUT2D eigenvalue weighted by Gasteiger charge is -2.38. The molecule has 1 aliphatic rings. The number of piperidine rings is 1. The summed E-state index contributed by atoms with van der Waals surface area (Å²) in [7, 11) is 0. The maximum atomic E-state index is 12.8. The molecule has 1 fully saturated rings. The highest BCUT2D eigenvalue weighted by Crippen LogP contribution is 2.20. The molecule has 0 radical (unpaired) electrons. The molecule has 0 spiro atoms. The van der Waals surface area contributed by atoms with Crippen LogP contribution in [-0.2, 0) is 0 Å². The molecule has 26 heavy (non-hydrogen) atoms. The zero-order valence-electron chi connectivity index (χ0n) is 14.9. The Bertz CT molecular complexity index is 759. The van der Waals surface area contributed by atoms with Gasteiger partial charge in [-0.05, 0) is 37.6 Å². The Labute approximate surface area is 153 Å². The number of carbonyl (C=O) groups is 2. The number of aliphatic hydroxyl groups excluding tert-OH is 1. The highest BCUT2D eigenvalue weighted by Gasteiger charge is 2.32. The minimum Gasteiger partial charge on any atom is -0.396 e. The third-order valence-electron chi connectivity index (χ3n) is 4.93. The van der Waals surface area contributed by atoms with Crippen molar-refractivity contribution >= 4 is 11.8 Å². The van der Waals surface area contributed by atoms with E-state index in [0.29, 0.717) is 30.6 Å². The molecule has 2 atom stereocenters. The molecule has 0 aliphatic carbocycles. The molecule has 0 aromatic heterocycles. The normalized spacial score (nSPS) is 19.8. The predicted molar refractivity (Wildman–Crippen MR) is 100.0 cm³/mol. The van der Waals surface area contributed by atoms with Gasteiger partial charge in [0, 0.05) is 36.7 Å². The van der Waals surface area contributed by atoms with Crippen LogP contribution in [0, 0.1) is 12.8 Å². The summed E-state index contributed by atoms with van der Waals surface area (Å²) in [5.74, 6) is -0.274. The second-order valence-electron chi connectivity index (χ2n) is 6.79. The minimum atomic E-state index is -0.268. The number of rotatable bonds is 4. The number of aryl methyl sites for hydroxylation is 1. The van der Waals surface area contributed by atoms with Gasteiger partial charge in [0.1, 0.15) is 0 Å². The number of amides is 2. The Hall–Kier alpha value is -2.66. The lowest BCUT2D eigenvalue weighted by Crippen LogP contribution is -2.55. The highest BCUT2D eigenvalue weighted by molar-refractivity contribution is 5.95. The number of hydrogen-bond acceptors (Lipinski definition) is 3. The van der Waals surface area contributed by atoms with Gasteiger partial charge in [-0.1, -0.05) is 35.9 Å². The fourth-order valence-electron chi connectivity index (χ4n) is 3.29. The van der Waals surface area contributed by atoms with E-state index < -0.39 is 0 Å². The van der Waals surface area contributed by atoms with Crippen LogP contribution in [0.2, 0.25) is 0 Å². The summed E-state index contributed by atoms with van der Waals surface area (Å²) in [6, 6.07) is 16.2. The molecule has 5 heteroatoms. The van der Waals surface area contributed by atoms with Crippen molar-refractivity contribution in [2.75, 3.05) is 19.7 Å². The Morgan fingerprint density at radius 3 is 2.42 bits per heavy atom. The zero-order valence-corrected chi connectivity index (χ0v) is 14.9. The third kappa shape index (κ3) is 4.11. The van der Waals surface area contributed by atoms with Crippen LogP contribution < -0.4 is 5.32 Å². The van der Waals surface area contributed by atoms with Crippen molar-refractivity contribution in [3.63, 3.8) is 0 Å². The summed E-state index contributed by atoms with van der Waals surface area (Å²) >= 11 is 0. The van der Waals surface area contributed by atoms with Gasteiger partial charge in [0.05, 0.1) is 6.04 Å². The van der Waals surface area contributed by atoms with Gasteiger partial charge in [0.25, 0.3) is 11.8 Å². The third-order valence-corrected chi connectivity index (χ3v) is 4.93. The van der Waals surface area contributed by atoms with Gasteiger partial charge in [-0.15, -0.1) is 0 Å². The van der Waals surface area contributed by atoms with Crippen LogP contribution in [0.4, 0.5) is 0 Å². The van der Waals surface area contributed by atoms with Gasteiger partial charge >= 0.3 is 0 Å². The standard InChI is InChI=1S/C21H24N2O3/c1-15-7-9-17(10-8-15)21(26)23-12-11-18(14-24)19(13-23)22-20(25)16-5-3-2-4-6-16/h2-10,18-19,24H,11-14H2,1H3,(H,22,25)/t18-,19-/m1/s1. The lowest BCUT2D eigenvalue weighted by molar-refractivity contribution is 0.0541. The van der Waals surface area contributed by atoms with Crippen LogP contribution in [0.5, 0.6) is 0 Å². The van der Waals surface area contributed by atoms with E-state index in [1.165, 1.54) is 0 Å². The predicted octanol–water partition coefficient (Wildman–Crippen LogP) is 2.25. The minimum absolute atomic E-state index is 0.00764. The van der Waals surface area contributed by atoms with E-state index in [1.807, 2.05) is 49.4 Å². The summed E-state index contributed by atoms with van der Waals surface area (Å²) < 4.78 is 0. The first-order valence-corrected chi connectivity index (χ1v) is 8.91. The summed E-state index contributed by atoms with van der Waals surface area (Å²) in [6.45, 7) is 2.95. The maximum absolute atomic E-state index is 12.8. The van der Waals surface area contributed by atoms with Crippen LogP contribution in [-0.4, -0.2) is 47.6 Å². The number of nitrogens with one attached hydrogen (secondary N) is 1. The molecule has 5 nitrogen and oxygen atoms in total. The number of carbonyl (C=O) groups excluding carboxylic acids is 2. The van der Waals surface area contributed by atoms with Gasteiger partial charge in [0.2, 0.25) is 0 Å². The van der Waals surface area contributed by atoms with Crippen LogP contribution in [0.3, 0.4) is 0 Å². The molecule has 1 saturated heterocycles. The van der Waals surface area contributed by atoms with Crippen LogP contribution >= 0.6 is 0 Å². The molecule has 0 unspecified atom stereocenters. The Morgan fingerprint density at radius 1 is 1.08 bits per heavy atom. The summed E-state index contributed by atoms with van der Waals surface area (Å²) in [6.07, 6.45) is 0.661. The van der Waals surface area contributed by atoms with Crippen LogP contribution in [0.15, 0.2) is 54.6 Å². The van der Waals surface area contributed by atoms with E-state index >= 15 is 0 Å². The molecular weight excluding hydrogens is 328 g/mol. The van der Waals surface area contributed by atoms with Gasteiger partial charge in [-0.25, -0.2) is 0 Å². The number of benzene rings is 2. The molecule has 1 aliphatic heterocycles. The summed E-state index contributed by atoms with van der Waals surface area (Å²) in [4.78, 5) is 27.0. The average molecular weight is 352 g/mol. The van der Waals surface area contributed by atoms with Crippen molar-refractivity contribution in [3.8, 4) is 0 Å². The van der Waals surface area contributed by atoms with E-state index in [4.69, 9.17) is 0 Å². The molecule has 2 amide bonds. The van der Waals surface area contributed by atoms with Crippen molar-refractivity contribution in [2.24, 2.45) is 5.92 Å². The molecule has 0 bridgehead atoms. The first kappa shape index (κ1) is 18.1. The molecule has 0 saturated carbocycles. The second kappa shape index (κ2) is 8.15.